The van der Waals surface area contributed by atoms with E-state index >= 15 is 0 Å². The maximum atomic E-state index is 12.6. The fourth-order valence-electron chi connectivity index (χ4n) is 0.880. The lowest BCUT2D eigenvalue weighted by Gasteiger charge is -2.13. The second kappa shape index (κ2) is 6.28. The zero-order valence-corrected chi connectivity index (χ0v) is 10.6. The van der Waals surface area contributed by atoms with Crippen molar-refractivity contribution in [3.63, 3.8) is 0 Å². The average Bonchev–Trinajstić information content (AvgIpc) is 2.71. The van der Waals surface area contributed by atoms with Gasteiger partial charge in [-0.05, 0) is 0 Å². The average molecular weight is 287 g/mol. The lowest BCUT2D eigenvalue weighted by molar-refractivity contribution is -0.148. The number of rotatable bonds is 7. The number of hydrogen-bond acceptors (Lipinski definition) is 5. The standard InChI is InChI=1S/C9H13F4N3OS/c1-5(2)14-3-6-15-16-8(18-6)17-4-9(12,13)7(10)11/h5,7,14H,3-4H2,1-2H3. The molecule has 0 aliphatic carbocycles. The van der Waals surface area contributed by atoms with Crippen molar-refractivity contribution >= 4 is 11.3 Å². The van der Waals surface area contributed by atoms with Gasteiger partial charge in [-0.3, -0.25) is 0 Å². The smallest absolute Gasteiger partial charge is 0.340 e. The van der Waals surface area contributed by atoms with Crippen LogP contribution in [0.1, 0.15) is 18.9 Å². The van der Waals surface area contributed by atoms with Crippen LogP contribution in [0.4, 0.5) is 17.6 Å². The normalized spacial score (nSPS) is 12.4. The summed E-state index contributed by atoms with van der Waals surface area (Å²) < 4.78 is 53.3. The Bertz CT molecular complexity index is 372. The molecular weight excluding hydrogens is 274 g/mol. The zero-order valence-electron chi connectivity index (χ0n) is 9.79. The van der Waals surface area contributed by atoms with E-state index in [0.29, 0.717) is 11.6 Å². The van der Waals surface area contributed by atoms with Crippen LogP contribution >= 0.6 is 11.3 Å². The second-order valence-electron chi connectivity index (χ2n) is 3.85. The maximum absolute atomic E-state index is 12.6. The highest BCUT2D eigenvalue weighted by atomic mass is 32.1. The Hall–Kier alpha value is -0.960. The molecule has 0 bridgehead atoms. The molecule has 0 amide bonds. The minimum absolute atomic E-state index is 0.143. The van der Waals surface area contributed by atoms with E-state index in [0.717, 1.165) is 11.3 Å². The number of nitrogens with zero attached hydrogens (tertiary/aromatic N) is 2. The van der Waals surface area contributed by atoms with Gasteiger partial charge in [0.2, 0.25) is 0 Å². The summed E-state index contributed by atoms with van der Waals surface area (Å²) in [7, 11) is 0. The fraction of sp³-hybridized carbons (Fsp3) is 0.778. The number of aromatic nitrogens is 2. The Morgan fingerprint density at radius 2 is 2.00 bits per heavy atom. The molecular formula is C9H13F4N3OS. The Balaban J connectivity index is 2.44. The first-order valence-electron chi connectivity index (χ1n) is 5.16. The Morgan fingerprint density at radius 3 is 2.56 bits per heavy atom. The van der Waals surface area contributed by atoms with E-state index in [4.69, 9.17) is 0 Å². The molecule has 0 aliphatic heterocycles. The summed E-state index contributed by atoms with van der Waals surface area (Å²) in [5.41, 5.74) is 0. The number of nitrogens with one attached hydrogen (secondary N) is 1. The summed E-state index contributed by atoms with van der Waals surface area (Å²) in [5, 5.41) is 10.6. The number of alkyl halides is 4. The van der Waals surface area contributed by atoms with E-state index in [2.05, 4.69) is 20.3 Å². The van der Waals surface area contributed by atoms with Crippen molar-refractivity contribution in [3.8, 4) is 5.19 Å². The third-order valence-electron chi connectivity index (χ3n) is 1.82. The van der Waals surface area contributed by atoms with Crippen LogP contribution in [-0.4, -0.2) is 35.2 Å². The zero-order chi connectivity index (χ0) is 13.8. The van der Waals surface area contributed by atoms with Gasteiger partial charge in [0.05, 0.1) is 6.54 Å². The van der Waals surface area contributed by atoms with Crippen molar-refractivity contribution in [1.82, 2.24) is 15.5 Å². The third kappa shape index (κ3) is 4.73. The van der Waals surface area contributed by atoms with Gasteiger partial charge in [-0.1, -0.05) is 25.2 Å². The first kappa shape index (κ1) is 15.1. The van der Waals surface area contributed by atoms with Crippen molar-refractivity contribution in [1.29, 1.82) is 0 Å². The summed E-state index contributed by atoms with van der Waals surface area (Å²) in [6, 6.07) is 0.237. The van der Waals surface area contributed by atoms with Crippen LogP contribution in [0.2, 0.25) is 0 Å². The molecule has 0 radical (unpaired) electrons. The van der Waals surface area contributed by atoms with Gasteiger partial charge in [0.25, 0.3) is 5.19 Å². The van der Waals surface area contributed by atoms with E-state index < -0.39 is 19.0 Å². The minimum Gasteiger partial charge on any atom is -0.462 e. The van der Waals surface area contributed by atoms with E-state index in [-0.39, 0.29) is 11.2 Å². The Kier molecular flexibility index (Phi) is 5.27. The van der Waals surface area contributed by atoms with Crippen LogP contribution in [0.3, 0.4) is 0 Å². The molecule has 0 aromatic carbocycles. The predicted octanol–water partition coefficient (Wildman–Crippen LogP) is 2.32. The molecule has 0 unspecified atom stereocenters. The molecule has 0 saturated heterocycles. The van der Waals surface area contributed by atoms with Crippen molar-refractivity contribution in [3.05, 3.63) is 5.01 Å². The number of ether oxygens (including phenoxy) is 1. The Morgan fingerprint density at radius 1 is 1.33 bits per heavy atom. The summed E-state index contributed by atoms with van der Waals surface area (Å²) in [6.45, 7) is 2.88. The first-order chi connectivity index (χ1) is 8.31. The monoisotopic (exact) mass is 287 g/mol. The summed E-state index contributed by atoms with van der Waals surface area (Å²) in [6.07, 6.45) is -3.76. The van der Waals surface area contributed by atoms with Gasteiger partial charge in [0.1, 0.15) is 5.01 Å². The molecule has 9 heteroatoms. The summed E-state index contributed by atoms with van der Waals surface area (Å²) >= 11 is 0.942. The molecule has 18 heavy (non-hydrogen) atoms. The SMILES string of the molecule is CC(C)NCc1nnc(OCC(F)(F)C(F)F)s1. The van der Waals surface area contributed by atoms with E-state index in [1.54, 1.807) is 0 Å². The van der Waals surface area contributed by atoms with Crippen LogP contribution in [0.15, 0.2) is 0 Å². The third-order valence-corrected chi connectivity index (χ3v) is 2.65. The van der Waals surface area contributed by atoms with Gasteiger partial charge in [0.15, 0.2) is 6.61 Å². The van der Waals surface area contributed by atoms with E-state index in [9.17, 15) is 17.6 Å². The molecule has 0 spiro atoms. The molecule has 1 rings (SSSR count). The van der Waals surface area contributed by atoms with E-state index in [1.807, 2.05) is 13.8 Å². The highest BCUT2D eigenvalue weighted by Crippen LogP contribution is 2.25. The predicted molar refractivity (Wildman–Crippen MR) is 58.3 cm³/mol. The fourth-order valence-corrected chi connectivity index (χ4v) is 1.52. The highest BCUT2D eigenvalue weighted by Gasteiger charge is 2.42. The van der Waals surface area contributed by atoms with Gasteiger partial charge in [-0.2, -0.15) is 8.78 Å². The summed E-state index contributed by atoms with van der Waals surface area (Å²) in [5.74, 6) is -4.18. The van der Waals surface area contributed by atoms with Gasteiger partial charge in [0, 0.05) is 6.04 Å². The highest BCUT2D eigenvalue weighted by molar-refractivity contribution is 7.13. The number of halogens is 4. The molecule has 0 fully saturated rings. The summed E-state index contributed by atoms with van der Waals surface area (Å²) in [4.78, 5) is 0. The van der Waals surface area contributed by atoms with Crippen molar-refractivity contribution in [2.24, 2.45) is 0 Å². The van der Waals surface area contributed by atoms with Crippen molar-refractivity contribution in [2.75, 3.05) is 6.61 Å². The molecule has 1 heterocycles. The van der Waals surface area contributed by atoms with Gasteiger partial charge in [-0.25, -0.2) is 8.78 Å². The van der Waals surface area contributed by atoms with Gasteiger partial charge < -0.3 is 10.1 Å². The van der Waals surface area contributed by atoms with Crippen LogP contribution in [0, 0.1) is 0 Å². The van der Waals surface area contributed by atoms with Gasteiger partial charge in [-0.15, -0.1) is 10.2 Å². The molecule has 1 aromatic rings. The minimum atomic E-state index is -4.18. The largest absolute Gasteiger partial charge is 0.462 e. The quantitative estimate of drug-likeness (QED) is 0.782. The van der Waals surface area contributed by atoms with Crippen molar-refractivity contribution < 1.29 is 22.3 Å². The number of hydrogen-bond donors (Lipinski definition) is 1. The van der Waals surface area contributed by atoms with Crippen LogP contribution in [0.5, 0.6) is 5.19 Å². The molecule has 0 saturated carbocycles. The molecule has 1 N–H and O–H groups in total. The maximum Gasteiger partial charge on any atom is 0.340 e. The molecule has 104 valence electrons. The lowest BCUT2D eigenvalue weighted by atomic mass is 10.4. The van der Waals surface area contributed by atoms with Crippen LogP contribution < -0.4 is 10.1 Å². The Labute approximate surface area is 105 Å². The van der Waals surface area contributed by atoms with Crippen molar-refractivity contribution in [2.45, 2.75) is 38.8 Å². The van der Waals surface area contributed by atoms with Gasteiger partial charge >= 0.3 is 12.3 Å². The van der Waals surface area contributed by atoms with Crippen LogP contribution in [-0.2, 0) is 6.54 Å². The van der Waals surface area contributed by atoms with Crippen LogP contribution in [0.25, 0.3) is 0 Å². The second-order valence-corrected chi connectivity index (χ2v) is 4.87. The topological polar surface area (TPSA) is 47.0 Å². The molecule has 0 aliphatic rings. The van der Waals surface area contributed by atoms with E-state index in [1.165, 1.54) is 0 Å². The molecule has 1 aromatic heterocycles. The molecule has 0 atom stereocenters. The first-order valence-corrected chi connectivity index (χ1v) is 5.97. The molecule has 4 nitrogen and oxygen atoms in total. The lowest BCUT2D eigenvalue weighted by Crippen LogP contribution is -2.33.